The van der Waals surface area contributed by atoms with Crippen molar-refractivity contribution in [1.29, 1.82) is 0 Å². The third-order valence-electron chi connectivity index (χ3n) is 5.86. The number of carbonyl (C=O) groups excluding carboxylic acids is 1. The predicted molar refractivity (Wildman–Crippen MR) is 132 cm³/mol. The van der Waals surface area contributed by atoms with Gasteiger partial charge in [-0.15, -0.1) is 0 Å². The minimum absolute atomic E-state index is 0.0516. The molecule has 0 bridgehead atoms. The summed E-state index contributed by atoms with van der Waals surface area (Å²) in [5.74, 6) is 4.50. The molecule has 0 spiro atoms. The van der Waals surface area contributed by atoms with Crippen LogP contribution in [-0.2, 0) is 10.2 Å². The molecule has 1 fully saturated rings. The van der Waals surface area contributed by atoms with Crippen molar-refractivity contribution in [3.05, 3.63) is 23.3 Å². The van der Waals surface area contributed by atoms with E-state index in [0.717, 1.165) is 17.7 Å². The van der Waals surface area contributed by atoms with Crippen molar-refractivity contribution in [2.24, 2.45) is 11.8 Å². The molecule has 1 aliphatic heterocycles. The first kappa shape index (κ1) is 28.1. The number of rotatable bonds is 7. The largest absolute Gasteiger partial charge is 0.481 e. The summed E-state index contributed by atoms with van der Waals surface area (Å²) < 4.78 is 0. The van der Waals surface area contributed by atoms with Crippen molar-refractivity contribution in [3.63, 3.8) is 0 Å². The van der Waals surface area contributed by atoms with E-state index in [-0.39, 0.29) is 42.3 Å². The number of carbonyl (C=O) groups is 3. The van der Waals surface area contributed by atoms with Crippen molar-refractivity contribution < 1.29 is 24.6 Å². The number of amides is 2. The lowest BCUT2D eigenvalue weighted by atomic mass is 9.92. The van der Waals surface area contributed by atoms with Crippen molar-refractivity contribution in [2.45, 2.75) is 78.7 Å². The molecule has 1 saturated heterocycles. The van der Waals surface area contributed by atoms with Gasteiger partial charge in [0.1, 0.15) is 11.5 Å². The van der Waals surface area contributed by atoms with Crippen LogP contribution in [0.4, 0.5) is 4.79 Å². The lowest BCUT2D eigenvalue weighted by molar-refractivity contribution is -0.144. The van der Waals surface area contributed by atoms with Gasteiger partial charge in [0.2, 0.25) is 0 Å². The van der Waals surface area contributed by atoms with Crippen molar-refractivity contribution >= 4 is 18.0 Å². The van der Waals surface area contributed by atoms with E-state index in [0.29, 0.717) is 24.5 Å². The van der Waals surface area contributed by atoms with Crippen LogP contribution in [0, 0.1) is 23.7 Å². The lowest BCUT2D eigenvalue weighted by Gasteiger charge is -2.41. The minimum Gasteiger partial charge on any atom is -0.481 e. The molecule has 2 heterocycles. The molecule has 0 radical (unpaired) electrons. The molecule has 2 N–H and O–H groups in total. The van der Waals surface area contributed by atoms with Crippen LogP contribution in [0.15, 0.2) is 6.20 Å². The fraction of sp³-hybridized carbons (Fsp3) is 0.654. The Morgan fingerprint density at radius 3 is 2.46 bits per heavy atom. The van der Waals surface area contributed by atoms with Gasteiger partial charge in [-0.05, 0) is 24.7 Å². The fourth-order valence-electron chi connectivity index (χ4n) is 3.99. The zero-order valence-electron chi connectivity index (χ0n) is 21.7. The fourth-order valence-corrected chi connectivity index (χ4v) is 3.99. The molecule has 1 aromatic heterocycles. The summed E-state index contributed by atoms with van der Waals surface area (Å²) in [7, 11) is 0. The first-order valence-corrected chi connectivity index (χ1v) is 12.2. The number of carboxylic acid groups (broad SMARTS) is 2. The van der Waals surface area contributed by atoms with E-state index < -0.39 is 24.0 Å². The zero-order valence-corrected chi connectivity index (χ0v) is 21.7. The van der Waals surface area contributed by atoms with Gasteiger partial charge in [0.15, 0.2) is 0 Å². The highest BCUT2D eigenvalue weighted by atomic mass is 16.4. The lowest BCUT2D eigenvalue weighted by Crippen LogP contribution is -2.56. The topological polar surface area (TPSA) is 124 Å². The van der Waals surface area contributed by atoms with Crippen molar-refractivity contribution in [3.8, 4) is 11.8 Å². The summed E-state index contributed by atoms with van der Waals surface area (Å²) in [5.41, 5.74) is 0.265. The highest BCUT2D eigenvalue weighted by Crippen LogP contribution is 2.26. The van der Waals surface area contributed by atoms with E-state index in [4.69, 9.17) is 0 Å². The molecule has 0 aliphatic carbocycles. The Morgan fingerprint density at radius 2 is 1.91 bits per heavy atom. The van der Waals surface area contributed by atoms with E-state index >= 15 is 0 Å². The number of likely N-dealkylation sites (tertiary alicyclic amines) is 1. The van der Waals surface area contributed by atoms with Crippen LogP contribution in [0.25, 0.3) is 0 Å². The van der Waals surface area contributed by atoms with Gasteiger partial charge in [0.05, 0.1) is 17.5 Å². The summed E-state index contributed by atoms with van der Waals surface area (Å²) in [6.45, 7) is 12.2. The van der Waals surface area contributed by atoms with Crippen LogP contribution in [0.1, 0.15) is 89.1 Å². The summed E-state index contributed by atoms with van der Waals surface area (Å²) in [6, 6.07) is -0.584. The van der Waals surface area contributed by atoms with Gasteiger partial charge in [0.25, 0.3) is 5.91 Å². The Morgan fingerprint density at radius 1 is 1.23 bits per heavy atom. The third-order valence-corrected chi connectivity index (χ3v) is 5.86. The van der Waals surface area contributed by atoms with Gasteiger partial charge >= 0.3 is 12.1 Å². The SMILES string of the molecule is CCCCC#Cc1nc(C(C)(C)C)ncc1C(=O)N(CC(C)C)[C@H]1C[C@@H](C(=O)O)CN(C(=O)O)C1. The summed E-state index contributed by atoms with van der Waals surface area (Å²) in [4.78, 5) is 49.1. The molecule has 1 aliphatic rings. The number of aliphatic carboxylic acids is 1. The molecule has 1 aromatic rings. The van der Waals surface area contributed by atoms with Crippen LogP contribution in [0.2, 0.25) is 0 Å². The second-order valence-electron chi connectivity index (χ2n) is 10.6. The molecule has 192 valence electrons. The Kier molecular flexibility index (Phi) is 9.64. The molecule has 9 nitrogen and oxygen atoms in total. The van der Waals surface area contributed by atoms with E-state index in [1.165, 1.54) is 6.20 Å². The Bertz CT molecular complexity index is 968. The summed E-state index contributed by atoms with van der Waals surface area (Å²) in [5, 5.41) is 19.2. The second-order valence-corrected chi connectivity index (χ2v) is 10.6. The minimum atomic E-state index is -1.20. The molecule has 2 amide bonds. The Labute approximate surface area is 207 Å². The van der Waals surface area contributed by atoms with Crippen LogP contribution in [-0.4, -0.2) is 73.6 Å². The van der Waals surface area contributed by atoms with E-state index in [2.05, 4.69) is 28.7 Å². The Hall–Kier alpha value is -3.15. The summed E-state index contributed by atoms with van der Waals surface area (Å²) >= 11 is 0. The first-order valence-electron chi connectivity index (χ1n) is 12.2. The van der Waals surface area contributed by atoms with Gasteiger partial charge in [-0.1, -0.05) is 53.9 Å². The molecule has 0 saturated carbocycles. The van der Waals surface area contributed by atoms with Gasteiger partial charge in [-0.2, -0.15) is 0 Å². The van der Waals surface area contributed by atoms with Gasteiger partial charge in [-0.3, -0.25) is 9.59 Å². The van der Waals surface area contributed by atoms with Crippen LogP contribution < -0.4 is 0 Å². The van der Waals surface area contributed by atoms with E-state index in [9.17, 15) is 24.6 Å². The highest BCUT2D eigenvalue weighted by Gasteiger charge is 2.39. The maximum atomic E-state index is 13.9. The Balaban J connectivity index is 2.52. The molecule has 0 unspecified atom stereocenters. The van der Waals surface area contributed by atoms with Crippen molar-refractivity contribution in [2.75, 3.05) is 19.6 Å². The number of nitrogens with zero attached hydrogens (tertiary/aromatic N) is 4. The molecule has 9 heteroatoms. The number of hydrogen-bond acceptors (Lipinski definition) is 5. The number of hydrogen-bond donors (Lipinski definition) is 2. The van der Waals surface area contributed by atoms with Gasteiger partial charge < -0.3 is 20.0 Å². The van der Waals surface area contributed by atoms with Gasteiger partial charge in [0, 0.05) is 37.7 Å². The molecule has 2 atom stereocenters. The third kappa shape index (κ3) is 7.67. The van der Waals surface area contributed by atoms with Crippen LogP contribution in [0.3, 0.4) is 0 Å². The van der Waals surface area contributed by atoms with E-state index in [1.54, 1.807) is 4.90 Å². The predicted octanol–water partition coefficient (Wildman–Crippen LogP) is 3.87. The maximum absolute atomic E-state index is 13.9. The number of carboxylic acids is 1. The smallest absolute Gasteiger partial charge is 0.407 e. The molecule has 35 heavy (non-hydrogen) atoms. The van der Waals surface area contributed by atoms with Crippen molar-refractivity contribution in [1.82, 2.24) is 19.8 Å². The monoisotopic (exact) mass is 486 g/mol. The molecular formula is C26H38N4O5. The second kappa shape index (κ2) is 12.0. The average Bonchev–Trinajstić information content (AvgIpc) is 2.78. The average molecular weight is 487 g/mol. The molecule has 2 rings (SSSR count). The van der Waals surface area contributed by atoms with Crippen LogP contribution >= 0.6 is 0 Å². The van der Waals surface area contributed by atoms with Crippen LogP contribution in [0.5, 0.6) is 0 Å². The zero-order chi connectivity index (χ0) is 26.3. The quantitative estimate of drug-likeness (QED) is 0.443. The first-order chi connectivity index (χ1) is 16.3. The van der Waals surface area contributed by atoms with E-state index in [1.807, 2.05) is 34.6 Å². The molecule has 0 aromatic carbocycles. The number of unbranched alkanes of at least 4 members (excludes halogenated alkanes) is 2. The number of piperidine rings is 1. The highest BCUT2D eigenvalue weighted by molar-refractivity contribution is 5.96. The normalized spacial score (nSPS) is 18.1. The number of aromatic nitrogens is 2. The maximum Gasteiger partial charge on any atom is 0.407 e. The standard InChI is InChI=1S/C26H38N4O5/c1-7-8-9-10-11-21-20(13-27-24(28-21)26(4,5)6)22(31)30(14-17(2)3)19-12-18(23(32)33)15-29(16-19)25(34)35/h13,17-19H,7-9,12,14-16H2,1-6H3,(H,32,33)(H,34,35)/t18-,19+/m1/s1. The van der Waals surface area contributed by atoms with Gasteiger partial charge in [-0.25, -0.2) is 14.8 Å². The molecular weight excluding hydrogens is 448 g/mol. The summed E-state index contributed by atoms with van der Waals surface area (Å²) in [6.07, 6.45) is 3.11.